The molecule has 3 nitrogen and oxygen atoms in total. The maximum atomic E-state index is 13.4. The molecule has 4 heteroatoms. The maximum Gasteiger partial charge on any atom is 0.230 e. The maximum absolute atomic E-state index is 13.4. The molecule has 0 radical (unpaired) electrons. The Balaban J connectivity index is 1.72. The highest BCUT2D eigenvalue weighted by molar-refractivity contribution is 5.89. The van der Waals surface area contributed by atoms with Crippen LogP contribution < -0.4 is 10.6 Å². The highest BCUT2D eigenvalue weighted by Crippen LogP contribution is 2.44. The van der Waals surface area contributed by atoms with Gasteiger partial charge < -0.3 is 10.6 Å². The van der Waals surface area contributed by atoms with E-state index in [0.717, 1.165) is 44.5 Å². The minimum atomic E-state index is -0.487. The molecule has 1 saturated carbocycles. The van der Waals surface area contributed by atoms with E-state index >= 15 is 0 Å². The van der Waals surface area contributed by atoms with Gasteiger partial charge in [0.1, 0.15) is 5.82 Å². The third-order valence-electron chi connectivity index (χ3n) is 4.44. The van der Waals surface area contributed by atoms with Crippen molar-refractivity contribution < 1.29 is 9.18 Å². The summed E-state index contributed by atoms with van der Waals surface area (Å²) in [7, 11) is 0. The van der Waals surface area contributed by atoms with Crippen LogP contribution in [0.15, 0.2) is 24.3 Å². The van der Waals surface area contributed by atoms with Gasteiger partial charge in [-0.3, -0.25) is 4.79 Å². The topological polar surface area (TPSA) is 41.1 Å². The smallest absolute Gasteiger partial charge is 0.230 e. The summed E-state index contributed by atoms with van der Waals surface area (Å²) >= 11 is 0. The van der Waals surface area contributed by atoms with Crippen molar-refractivity contribution >= 4 is 5.91 Å². The Labute approximate surface area is 112 Å². The third-order valence-corrected chi connectivity index (χ3v) is 4.44. The number of hydrogen-bond acceptors (Lipinski definition) is 2. The summed E-state index contributed by atoms with van der Waals surface area (Å²) in [6, 6.07) is 6.48. The second-order valence-corrected chi connectivity index (χ2v) is 5.68. The standard InChI is InChI=1S/C15H19FN2O/c16-13-4-1-3-12(7-13)15(5-2-6-15)14(19)18-10-11-8-17-9-11/h1,3-4,7,11,17H,2,5-6,8-10H2,(H,18,19). The quantitative estimate of drug-likeness (QED) is 0.865. The lowest BCUT2D eigenvalue weighted by Crippen LogP contribution is -2.54. The lowest BCUT2D eigenvalue weighted by Gasteiger charge is -2.41. The van der Waals surface area contributed by atoms with Crippen LogP contribution in [0.4, 0.5) is 4.39 Å². The van der Waals surface area contributed by atoms with Gasteiger partial charge in [0, 0.05) is 25.6 Å². The predicted octanol–water partition coefficient (Wildman–Crippen LogP) is 1.58. The second-order valence-electron chi connectivity index (χ2n) is 5.68. The number of carbonyl (C=O) groups excluding carboxylic acids is 1. The molecule has 1 aliphatic carbocycles. The first-order chi connectivity index (χ1) is 9.21. The van der Waals surface area contributed by atoms with Crippen molar-refractivity contribution in [2.24, 2.45) is 5.92 Å². The molecule has 0 atom stereocenters. The predicted molar refractivity (Wildman–Crippen MR) is 71.3 cm³/mol. The lowest BCUT2D eigenvalue weighted by atomic mass is 9.63. The molecule has 1 aromatic rings. The summed E-state index contributed by atoms with van der Waals surface area (Å²) in [5, 5.41) is 6.23. The van der Waals surface area contributed by atoms with Crippen molar-refractivity contribution in [1.29, 1.82) is 0 Å². The van der Waals surface area contributed by atoms with Gasteiger partial charge in [-0.2, -0.15) is 0 Å². The van der Waals surface area contributed by atoms with Crippen molar-refractivity contribution in [3.05, 3.63) is 35.6 Å². The summed E-state index contributed by atoms with van der Waals surface area (Å²) in [5.74, 6) is 0.351. The van der Waals surface area contributed by atoms with Crippen molar-refractivity contribution in [1.82, 2.24) is 10.6 Å². The first-order valence-electron chi connectivity index (χ1n) is 6.96. The van der Waals surface area contributed by atoms with Gasteiger partial charge in [0.2, 0.25) is 5.91 Å². The van der Waals surface area contributed by atoms with E-state index in [1.807, 2.05) is 6.07 Å². The molecule has 0 unspecified atom stereocenters. The third kappa shape index (κ3) is 2.25. The first-order valence-corrected chi connectivity index (χ1v) is 6.96. The van der Waals surface area contributed by atoms with Gasteiger partial charge in [0.15, 0.2) is 0 Å². The van der Waals surface area contributed by atoms with Crippen LogP contribution in [0.5, 0.6) is 0 Å². The highest BCUT2D eigenvalue weighted by Gasteiger charge is 2.45. The molecule has 0 bridgehead atoms. The molecule has 1 saturated heterocycles. The number of rotatable bonds is 4. The van der Waals surface area contributed by atoms with E-state index < -0.39 is 5.41 Å². The van der Waals surface area contributed by atoms with E-state index in [-0.39, 0.29) is 11.7 Å². The number of hydrogen-bond donors (Lipinski definition) is 2. The molecular weight excluding hydrogens is 243 g/mol. The van der Waals surface area contributed by atoms with Gasteiger partial charge in [0.25, 0.3) is 0 Å². The molecule has 2 fully saturated rings. The molecule has 1 amide bonds. The van der Waals surface area contributed by atoms with E-state index in [2.05, 4.69) is 10.6 Å². The van der Waals surface area contributed by atoms with Gasteiger partial charge in [-0.05, 0) is 30.5 Å². The average molecular weight is 262 g/mol. The van der Waals surface area contributed by atoms with Crippen LogP contribution in [0, 0.1) is 11.7 Å². The first kappa shape index (κ1) is 12.6. The molecule has 0 spiro atoms. The lowest BCUT2D eigenvalue weighted by molar-refractivity contribution is -0.130. The summed E-state index contributed by atoms with van der Waals surface area (Å²) in [4.78, 5) is 12.4. The Hall–Kier alpha value is -1.42. The van der Waals surface area contributed by atoms with E-state index in [1.165, 1.54) is 12.1 Å². The van der Waals surface area contributed by atoms with Gasteiger partial charge in [-0.1, -0.05) is 18.6 Å². The van der Waals surface area contributed by atoms with E-state index in [0.29, 0.717) is 5.92 Å². The molecule has 1 aliphatic heterocycles. The zero-order valence-corrected chi connectivity index (χ0v) is 10.9. The van der Waals surface area contributed by atoms with E-state index in [1.54, 1.807) is 6.07 Å². The number of nitrogens with one attached hydrogen (secondary N) is 2. The average Bonchev–Trinajstić information content (AvgIpc) is 2.25. The van der Waals surface area contributed by atoms with Crippen LogP contribution >= 0.6 is 0 Å². The van der Waals surface area contributed by atoms with Crippen molar-refractivity contribution in [3.8, 4) is 0 Å². The molecular formula is C15H19FN2O. The Morgan fingerprint density at radius 3 is 2.74 bits per heavy atom. The normalized spacial score (nSPS) is 21.3. The molecule has 3 rings (SSSR count). The van der Waals surface area contributed by atoms with Crippen LogP contribution in [-0.4, -0.2) is 25.5 Å². The zero-order valence-electron chi connectivity index (χ0n) is 10.9. The van der Waals surface area contributed by atoms with Crippen LogP contribution in [0.1, 0.15) is 24.8 Å². The Morgan fingerprint density at radius 1 is 1.42 bits per heavy atom. The Morgan fingerprint density at radius 2 is 2.21 bits per heavy atom. The summed E-state index contributed by atoms with van der Waals surface area (Å²) in [5.41, 5.74) is 0.335. The minimum absolute atomic E-state index is 0.0660. The van der Waals surface area contributed by atoms with Crippen molar-refractivity contribution in [2.75, 3.05) is 19.6 Å². The SMILES string of the molecule is O=C(NCC1CNC1)C1(c2cccc(F)c2)CCC1. The Kier molecular flexibility index (Phi) is 3.27. The highest BCUT2D eigenvalue weighted by atomic mass is 19.1. The number of amides is 1. The number of carbonyl (C=O) groups is 1. The second kappa shape index (κ2) is 4.93. The molecule has 1 aromatic carbocycles. The fourth-order valence-corrected chi connectivity index (χ4v) is 2.86. The largest absolute Gasteiger partial charge is 0.355 e. The summed E-state index contributed by atoms with van der Waals surface area (Å²) < 4.78 is 13.4. The molecule has 2 N–H and O–H groups in total. The van der Waals surface area contributed by atoms with Crippen LogP contribution in [-0.2, 0) is 10.2 Å². The van der Waals surface area contributed by atoms with Crippen LogP contribution in [0.2, 0.25) is 0 Å². The van der Waals surface area contributed by atoms with Gasteiger partial charge in [-0.15, -0.1) is 0 Å². The Bertz CT molecular complexity index is 481. The van der Waals surface area contributed by atoms with Crippen LogP contribution in [0.25, 0.3) is 0 Å². The fourth-order valence-electron chi connectivity index (χ4n) is 2.86. The van der Waals surface area contributed by atoms with Gasteiger partial charge in [-0.25, -0.2) is 4.39 Å². The van der Waals surface area contributed by atoms with E-state index in [9.17, 15) is 9.18 Å². The summed E-state index contributed by atoms with van der Waals surface area (Å²) in [6.45, 7) is 2.68. The number of benzene rings is 1. The van der Waals surface area contributed by atoms with Gasteiger partial charge >= 0.3 is 0 Å². The molecule has 0 aromatic heterocycles. The van der Waals surface area contributed by atoms with Crippen LogP contribution in [0.3, 0.4) is 0 Å². The summed E-state index contributed by atoms with van der Waals surface area (Å²) in [6.07, 6.45) is 2.69. The minimum Gasteiger partial charge on any atom is -0.355 e. The molecule has 102 valence electrons. The molecule has 1 heterocycles. The van der Waals surface area contributed by atoms with Crippen molar-refractivity contribution in [3.63, 3.8) is 0 Å². The monoisotopic (exact) mass is 262 g/mol. The fraction of sp³-hybridized carbons (Fsp3) is 0.533. The van der Waals surface area contributed by atoms with Gasteiger partial charge in [0.05, 0.1) is 5.41 Å². The zero-order chi connectivity index (χ0) is 13.3. The molecule has 2 aliphatic rings. The number of halogens is 1. The van der Waals surface area contributed by atoms with E-state index in [4.69, 9.17) is 0 Å². The molecule has 19 heavy (non-hydrogen) atoms. The van der Waals surface area contributed by atoms with Crippen molar-refractivity contribution in [2.45, 2.75) is 24.7 Å².